The van der Waals surface area contributed by atoms with Crippen LogP contribution in [0.25, 0.3) is 5.69 Å². The molecule has 0 radical (unpaired) electrons. The smallest absolute Gasteiger partial charge is 0.274 e. The van der Waals surface area contributed by atoms with E-state index in [1.807, 2.05) is 50.2 Å². The van der Waals surface area contributed by atoms with Crippen molar-refractivity contribution in [2.75, 3.05) is 0 Å². The maximum atomic E-state index is 12.3. The molecule has 0 aliphatic carbocycles. The average Bonchev–Trinajstić information content (AvgIpc) is 3.25. The number of hydrogen-bond donors (Lipinski definition) is 1. The molecule has 0 saturated carbocycles. The van der Waals surface area contributed by atoms with Crippen molar-refractivity contribution in [3.8, 4) is 5.69 Å². The van der Waals surface area contributed by atoms with Crippen molar-refractivity contribution >= 4 is 5.91 Å². The molecule has 0 spiro atoms. The summed E-state index contributed by atoms with van der Waals surface area (Å²) < 4.78 is 6.78. The molecule has 23 heavy (non-hydrogen) atoms. The van der Waals surface area contributed by atoms with Gasteiger partial charge in [0.25, 0.3) is 5.91 Å². The van der Waals surface area contributed by atoms with E-state index in [9.17, 15) is 4.79 Å². The van der Waals surface area contributed by atoms with Crippen molar-refractivity contribution in [2.45, 2.75) is 26.3 Å². The number of nitrogens with zero attached hydrogens (tertiary/aromatic N) is 4. The number of amides is 1. The molecular formula is C16H17N5O2. The predicted molar refractivity (Wildman–Crippen MR) is 83.1 cm³/mol. The molecule has 0 aliphatic heterocycles. The number of para-hydroxylation sites is 1. The van der Waals surface area contributed by atoms with Crippen LogP contribution in [-0.2, 0) is 6.42 Å². The van der Waals surface area contributed by atoms with E-state index in [-0.39, 0.29) is 17.6 Å². The molecule has 2 heterocycles. The van der Waals surface area contributed by atoms with Gasteiger partial charge in [0.15, 0.2) is 11.5 Å². The molecule has 1 aromatic carbocycles. The van der Waals surface area contributed by atoms with Crippen LogP contribution in [-0.4, -0.2) is 26.1 Å². The summed E-state index contributed by atoms with van der Waals surface area (Å²) in [6, 6.07) is 11.0. The zero-order valence-corrected chi connectivity index (χ0v) is 12.9. The van der Waals surface area contributed by atoms with Crippen molar-refractivity contribution in [2.24, 2.45) is 0 Å². The van der Waals surface area contributed by atoms with Gasteiger partial charge in [-0.15, -0.1) is 5.10 Å². The van der Waals surface area contributed by atoms with Gasteiger partial charge in [-0.25, -0.2) is 4.68 Å². The van der Waals surface area contributed by atoms with E-state index in [1.54, 1.807) is 10.9 Å². The van der Waals surface area contributed by atoms with Crippen molar-refractivity contribution in [3.63, 3.8) is 0 Å². The fourth-order valence-corrected chi connectivity index (χ4v) is 2.12. The van der Waals surface area contributed by atoms with Crippen LogP contribution >= 0.6 is 0 Å². The van der Waals surface area contributed by atoms with Crippen LogP contribution in [0.15, 0.2) is 47.1 Å². The first-order valence-electron chi connectivity index (χ1n) is 7.41. The third-order valence-corrected chi connectivity index (χ3v) is 3.46. The zero-order chi connectivity index (χ0) is 16.2. The molecule has 0 fully saturated rings. The summed E-state index contributed by atoms with van der Waals surface area (Å²) in [5, 5.41) is 14.6. The van der Waals surface area contributed by atoms with Crippen LogP contribution in [0, 0.1) is 0 Å². The van der Waals surface area contributed by atoms with E-state index < -0.39 is 0 Å². The fourth-order valence-electron chi connectivity index (χ4n) is 2.12. The number of benzene rings is 1. The van der Waals surface area contributed by atoms with Crippen LogP contribution in [0.5, 0.6) is 0 Å². The molecule has 1 amide bonds. The standard InChI is InChI=1S/C16H17N5O2/c1-3-12-9-15(23-19-12)11(2)17-16(22)14-10-21(20-18-14)13-7-5-4-6-8-13/h4-11H,3H2,1-2H3,(H,17,22)/t11-/m1/s1. The largest absolute Gasteiger partial charge is 0.359 e. The van der Waals surface area contributed by atoms with Crippen molar-refractivity contribution in [3.05, 3.63) is 59.7 Å². The highest BCUT2D eigenvalue weighted by molar-refractivity contribution is 5.92. The van der Waals surface area contributed by atoms with Gasteiger partial charge in [-0.05, 0) is 25.5 Å². The molecule has 0 aliphatic rings. The fraction of sp³-hybridized carbons (Fsp3) is 0.250. The minimum atomic E-state index is -0.311. The number of carbonyl (C=O) groups is 1. The first-order chi connectivity index (χ1) is 11.2. The van der Waals surface area contributed by atoms with Gasteiger partial charge in [-0.1, -0.05) is 35.5 Å². The Morgan fingerprint density at radius 1 is 1.35 bits per heavy atom. The molecule has 7 nitrogen and oxygen atoms in total. The molecule has 1 atom stereocenters. The van der Waals surface area contributed by atoms with Gasteiger partial charge >= 0.3 is 0 Å². The Hall–Kier alpha value is -2.96. The summed E-state index contributed by atoms with van der Waals surface area (Å²) in [6.07, 6.45) is 2.38. The highest BCUT2D eigenvalue weighted by atomic mass is 16.5. The lowest BCUT2D eigenvalue weighted by atomic mass is 10.2. The monoisotopic (exact) mass is 311 g/mol. The third kappa shape index (κ3) is 3.28. The van der Waals surface area contributed by atoms with Crippen LogP contribution in [0.3, 0.4) is 0 Å². The predicted octanol–water partition coefficient (Wildman–Crippen LogP) is 2.31. The highest BCUT2D eigenvalue weighted by Gasteiger charge is 2.18. The van der Waals surface area contributed by atoms with Crippen LogP contribution in [0.4, 0.5) is 0 Å². The Balaban J connectivity index is 1.70. The summed E-state index contributed by atoms with van der Waals surface area (Å²) in [7, 11) is 0. The van der Waals surface area contributed by atoms with Gasteiger partial charge < -0.3 is 9.84 Å². The lowest BCUT2D eigenvalue weighted by Gasteiger charge is -2.08. The molecule has 2 aromatic heterocycles. The molecule has 3 aromatic rings. The molecule has 0 bridgehead atoms. The molecule has 0 unspecified atom stereocenters. The molecule has 7 heteroatoms. The number of nitrogens with one attached hydrogen (secondary N) is 1. The normalized spacial score (nSPS) is 12.1. The van der Waals surface area contributed by atoms with Crippen molar-refractivity contribution < 1.29 is 9.32 Å². The second-order valence-corrected chi connectivity index (χ2v) is 5.15. The zero-order valence-electron chi connectivity index (χ0n) is 12.9. The van der Waals surface area contributed by atoms with Gasteiger partial charge in [0, 0.05) is 6.07 Å². The summed E-state index contributed by atoms with van der Waals surface area (Å²) >= 11 is 0. The quantitative estimate of drug-likeness (QED) is 0.781. The molecular weight excluding hydrogens is 294 g/mol. The van der Waals surface area contributed by atoms with Crippen molar-refractivity contribution in [1.29, 1.82) is 0 Å². The Labute approximate surface area is 133 Å². The third-order valence-electron chi connectivity index (χ3n) is 3.46. The Bertz CT molecular complexity index is 794. The van der Waals surface area contributed by atoms with Crippen LogP contribution in [0.2, 0.25) is 0 Å². The summed E-state index contributed by atoms with van der Waals surface area (Å²) in [6.45, 7) is 3.83. The van der Waals surface area contributed by atoms with Gasteiger partial charge in [-0.2, -0.15) is 0 Å². The number of rotatable bonds is 5. The summed E-state index contributed by atoms with van der Waals surface area (Å²) in [5.74, 6) is 0.305. The number of aromatic nitrogens is 4. The topological polar surface area (TPSA) is 85.8 Å². The van der Waals surface area contributed by atoms with Gasteiger partial charge in [0.05, 0.1) is 23.6 Å². The second-order valence-electron chi connectivity index (χ2n) is 5.15. The lowest BCUT2D eigenvalue weighted by molar-refractivity contribution is 0.0928. The van der Waals surface area contributed by atoms with E-state index in [2.05, 4.69) is 20.8 Å². The number of carbonyl (C=O) groups excluding carboxylic acids is 1. The number of hydrogen-bond acceptors (Lipinski definition) is 5. The Morgan fingerprint density at radius 2 is 2.13 bits per heavy atom. The van der Waals surface area contributed by atoms with Crippen LogP contribution in [0.1, 0.15) is 41.8 Å². The minimum absolute atomic E-state index is 0.246. The van der Waals surface area contributed by atoms with Gasteiger partial charge in [0.2, 0.25) is 0 Å². The summed E-state index contributed by atoms with van der Waals surface area (Å²) in [4.78, 5) is 12.3. The van der Waals surface area contributed by atoms with E-state index >= 15 is 0 Å². The average molecular weight is 311 g/mol. The van der Waals surface area contributed by atoms with Gasteiger partial charge in [0.1, 0.15) is 0 Å². The van der Waals surface area contributed by atoms with Gasteiger partial charge in [-0.3, -0.25) is 4.79 Å². The lowest BCUT2D eigenvalue weighted by Crippen LogP contribution is -2.26. The minimum Gasteiger partial charge on any atom is -0.359 e. The maximum Gasteiger partial charge on any atom is 0.274 e. The summed E-state index contributed by atoms with van der Waals surface area (Å²) in [5.41, 5.74) is 1.95. The Kier molecular flexibility index (Phi) is 4.18. The SMILES string of the molecule is CCc1cc([C@@H](C)NC(=O)c2cn(-c3ccccc3)nn2)on1. The Morgan fingerprint density at radius 3 is 2.83 bits per heavy atom. The first kappa shape index (κ1) is 15.0. The molecule has 0 saturated heterocycles. The maximum absolute atomic E-state index is 12.3. The van der Waals surface area contributed by atoms with E-state index in [0.29, 0.717) is 5.76 Å². The highest BCUT2D eigenvalue weighted by Crippen LogP contribution is 2.14. The molecule has 3 rings (SSSR count). The second kappa shape index (κ2) is 6.43. The van der Waals surface area contributed by atoms with E-state index in [4.69, 9.17) is 4.52 Å². The molecule has 118 valence electrons. The number of aryl methyl sites for hydroxylation is 1. The first-order valence-corrected chi connectivity index (χ1v) is 7.41. The van der Waals surface area contributed by atoms with Crippen LogP contribution < -0.4 is 5.32 Å². The van der Waals surface area contributed by atoms with E-state index in [0.717, 1.165) is 17.8 Å². The van der Waals surface area contributed by atoms with Crippen molar-refractivity contribution in [1.82, 2.24) is 25.5 Å². The molecule has 1 N–H and O–H groups in total. The van der Waals surface area contributed by atoms with E-state index in [1.165, 1.54) is 0 Å².